The van der Waals surface area contributed by atoms with Crippen LogP contribution in [0.4, 0.5) is 0 Å². The number of carboxylic acids is 2. The highest BCUT2D eigenvalue weighted by atomic mass is 16.4. The van der Waals surface area contributed by atoms with E-state index < -0.39 is 11.9 Å². The quantitative estimate of drug-likeness (QED) is 0.494. The second-order valence-corrected chi connectivity index (χ2v) is 5.95. The zero-order chi connectivity index (χ0) is 15.4. The Morgan fingerprint density at radius 2 is 1.25 bits per heavy atom. The molecular weight excluding hydrogens is 256 g/mol. The molecule has 0 aromatic carbocycles. The van der Waals surface area contributed by atoms with Crippen LogP contribution < -0.4 is 0 Å². The molecule has 0 amide bonds. The monoisotopic (exact) mass is 286 g/mol. The number of hydrogen-bond donors (Lipinski definition) is 2. The minimum absolute atomic E-state index is 0.203. The van der Waals surface area contributed by atoms with Gasteiger partial charge in [0.1, 0.15) is 0 Å². The second kappa shape index (κ2) is 11.7. The largest absolute Gasteiger partial charge is 0.481 e. The zero-order valence-electron chi connectivity index (χ0n) is 12.9. The highest BCUT2D eigenvalue weighted by Crippen LogP contribution is 2.19. The van der Waals surface area contributed by atoms with Crippen molar-refractivity contribution in [2.75, 3.05) is 0 Å². The van der Waals surface area contributed by atoms with Gasteiger partial charge in [-0.15, -0.1) is 0 Å². The Balaban J connectivity index is 3.36. The SMILES string of the molecule is CC(C)C(CCCCCCCCCCC(=O)O)C(=O)O. The van der Waals surface area contributed by atoms with Crippen molar-refractivity contribution in [2.45, 2.75) is 78.1 Å². The summed E-state index contributed by atoms with van der Waals surface area (Å²) >= 11 is 0. The molecule has 0 saturated heterocycles. The lowest BCUT2D eigenvalue weighted by Crippen LogP contribution is -2.19. The maximum Gasteiger partial charge on any atom is 0.306 e. The van der Waals surface area contributed by atoms with Crippen LogP contribution in [-0.4, -0.2) is 22.2 Å². The van der Waals surface area contributed by atoms with E-state index in [1.807, 2.05) is 13.8 Å². The third-order valence-electron chi connectivity index (χ3n) is 3.78. The first-order valence-electron chi connectivity index (χ1n) is 7.89. The van der Waals surface area contributed by atoms with Crippen molar-refractivity contribution in [3.05, 3.63) is 0 Å². The highest BCUT2D eigenvalue weighted by molar-refractivity contribution is 5.70. The number of unbranched alkanes of at least 4 members (excludes halogenated alkanes) is 7. The van der Waals surface area contributed by atoms with Crippen LogP contribution in [0.3, 0.4) is 0 Å². The van der Waals surface area contributed by atoms with Gasteiger partial charge in [-0.2, -0.15) is 0 Å². The van der Waals surface area contributed by atoms with Crippen molar-refractivity contribution in [1.82, 2.24) is 0 Å². The summed E-state index contributed by atoms with van der Waals surface area (Å²) in [6.45, 7) is 3.94. The van der Waals surface area contributed by atoms with E-state index in [1.54, 1.807) is 0 Å². The molecule has 0 spiro atoms. The topological polar surface area (TPSA) is 74.6 Å². The van der Waals surface area contributed by atoms with Crippen molar-refractivity contribution in [2.24, 2.45) is 11.8 Å². The molecule has 0 aromatic heterocycles. The van der Waals surface area contributed by atoms with Crippen molar-refractivity contribution in [3.63, 3.8) is 0 Å². The molecule has 2 N–H and O–H groups in total. The summed E-state index contributed by atoms with van der Waals surface area (Å²) in [4.78, 5) is 21.3. The summed E-state index contributed by atoms with van der Waals surface area (Å²) in [5, 5.41) is 17.6. The van der Waals surface area contributed by atoms with Crippen LogP contribution in [-0.2, 0) is 9.59 Å². The Morgan fingerprint density at radius 3 is 1.65 bits per heavy atom. The molecule has 4 heteroatoms. The van der Waals surface area contributed by atoms with Gasteiger partial charge in [-0.05, 0) is 18.8 Å². The third-order valence-corrected chi connectivity index (χ3v) is 3.78. The Labute approximate surface area is 122 Å². The Bertz CT molecular complexity index is 274. The first-order valence-corrected chi connectivity index (χ1v) is 7.89. The van der Waals surface area contributed by atoms with Gasteiger partial charge in [-0.25, -0.2) is 0 Å². The Kier molecular flexibility index (Phi) is 11.1. The van der Waals surface area contributed by atoms with E-state index >= 15 is 0 Å². The maximum absolute atomic E-state index is 11.0. The van der Waals surface area contributed by atoms with Crippen LogP contribution in [0.2, 0.25) is 0 Å². The predicted molar refractivity (Wildman–Crippen MR) is 79.8 cm³/mol. The van der Waals surface area contributed by atoms with Gasteiger partial charge in [0.05, 0.1) is 5.92 Å². The van der Waals surface area contributed by atoms with Crippen LogP contribution in [0.25, 0.3) is 0 Å². The molecule has 0 bridgehead atoms. The summed E-state index contributed by atoms with van der Waals surface area (Å²) in [6, 6.07) is 0. The van der Waals surface area contributed by atoms with E-state index in [2.05, 4.69) is 0 Å². The van der Waals surface area contributed by atoms with Crippen molar-refractivity contribution >= 4 is 11.9 Å². The summed E-state index contributed by atoms with van der Waals surface area (Å²) in [6.07, 6.45) is 9.54. The minimum atomic E-state index is -0.705. The summed E-state index contributed by atoms with van der Waals surface area (Å²) in [7, 11) is 0. The Morgan fingerprint density at radius 1 is 0.800 bits per heavy atom. The van der Waals surface area contributed by atoms with Gasteiger partial charge >= 0.3 is 11.9 Å². The van der Waals surface area contributed by atoms with E-state index in [9.17, 15) is 9.59 Å². The van der Waals surface area contributed by atoms with Gasteiger partial charge in [0.15, 0.2) is 0 Å². The van der Waals surface area contributed by atoms with E-state index in [4.69, 9.17) is 10.2 Å². The lowest BCUT2D eigenvalue weighted by molar-refractivity contribution is -0.143. The molecule has 1 unspecified atom stereocenters. The van der Waals surface area contributed by atoms with Crippen LogP contribution in [0, 0.1) is 11.8 Å². The van der Waals surface area contributed by atoms with Gasteiger partial charge < -0.3 is 10.2 Å². The van der Waals surface area contributed by atoms with Gasteiger partial charge in [0.2, 0.25) is 0 Å². The van der Waals surface area contributed by atoms with E-state index in [0.29, 0.717) is 0 Å². The lowest BCUT2D eigenvalue weighted by Gasteiger charge is -2.15. The summed E-state index contributed by atoms with van der Waals surface area (Å²) < 4.78 is 0. The van der Waals surface area contributed by atoms with Crippen LogP contribution in [0.5, 0.6) is 0 Å². The molecule has 0 saturated carbocycles. The normalized spacial score (nSPS) is 12.6. The first kappa shape index (κ1) is 18.9. The van der Waals surface area contributed by atoms with Crippen LogP contribution >= 0.6 is 0 Å². The molecule has 0 aliphatic rings. The highest BCUT2D eigenvalue weighted by Gasteiger charge is 2.20. The van der Waals surface area contributed by atoms with E-state index in [0.717, 1.165) is 51.4 Å². The zero-order valence-corrected chi connectivity index (χ0v) is 12.9. The summed E-state index contributed by atoms with van der Waals surface area (Å²) in [5.41, 5.74) is 0. The molecule has 1 atom stereocenters. The molecule has 0 rings (SSSR count). The molecule has 0 heterocycles. The number of rotatable bonds is 13. The third kappa shape index (κ3) is 10.8. The predicted octanol–water partition coefficient (Wildman–Crippen LogP) is 4.33. The molecule has 0 aliphatic carbocycles. The fourth-order valence-corrected chi connectivity index (χ4v) is 2.44. The molecule has 4 nitrogen and oxygen atoms in total. The van der Waals surface area contributed by atoms with Crippen LogP contribution in [0.15, 0.2) is 0 Å². The number of aliphatic carboxylic acids is 2. The van der Waals surface area contributed by atoms with Gasteiger partial charge in [0, 0.05) is 6.42 Å². The van der Waals surface area contributed by atoms with Crippen molar-refractivity contribution in [1.29, 1.82) is 0 Å². The number of carboxylic acid groups (broad SMARTS) is 2. The number of carbonyl (C=O) groups is 2. The first-order chi connectivity index (χ1) is 9.45. The fraction of sp³-hybridized carbons (Fsp3) is 0.875. The molecule has 0 aliphatic heterocycles. The molecular formula is C16H30O4. The number of hydrogen-bond acceptors (Lipinski definition) is 2. The smallest absolute Gasteiger partial charge is 0.306 e. The Hall–Kier alpha value is -1.06. The molecule has 0 fully saturated rings. The van der Waals surface area contributed by atoms with Crippen molar-refractivity contribution < 1.29 is 19.8 Å². The second-order valence-electron chi connectivity index (χ2n) is 5.95. The molecule has 20 heavy (non-hydrogen) atoms. The lowest BCUT2D eigenvalue weighted by atomic mass is 9.90. The average molecular weight is 286 g/mol. The van der Waals surface area contributed by atoms with Gasteiger partial charge in [-0.3, -0.25) is 9.59 Å². The average Bonchev–Trinajstić information content (AvgIpc) is 2.34. The van der Waals surface area contributed by atoms with E-state index in [1.165, 1.54) is 6.42 Å². The van der Waals surface area contributed by atoms with Gasteiger partial charge in [0.25, 0.3) is 0 Å². The molecule has 0 radical (unpaired) electrons. The molecule has 118 valence electrons. The van der Waals surface area contributed by atoms with E-state index in [-0.39, 0.29) is 18.3 Å². The molecule has 0 aromatic rings. The van der Waals surface area contributed by atoms with Crippen LogP contribution in [0.1, 0.15) is 78.1 Å². The standard InChI is InChI=1S/C16H30O4/c1-13(2)14(16(19)20)11-9-7-5-3-4-6-8-10-12-15(17)18/h13-14H,3-12H2,1-2H3,(H,17,18)(H,19,20). The van der Waals surface area contributed by atoms with Gasteiger partial charge in [-0.1, -0.05) is 58.8 Å². The summed E-state index contributed by atoms with van der Waals surface area (Å²) in [5.74, 6) is -1.37. The minimum Gasteiger partial charge on any atom is -0.481 e. The van der Waals surface area contributed by atoms with Crippen molar-refractivity contribution in [3.8, 4) is 0 Å². The fourth-order valence-electron chi connectivity index (χ4n) is 2.44. The maximum atomic E-state index is 11.0.